The van der Waals surface area contributed by atoms with Crippen molar-refractivity contribution in [2.75, 3.05) is 5.75 Å². The van der Waals surface area contributed by atoms with Gasteiger partial charge in [-0.15, -0.1) is 0 Å². The van der Waals surface area contributed by atoms with Crippen molar-refractivity contribution in [3.8, 4) is 5.75 Å². The van der Waals surface area contributed by atoms with Crippen molar-refractivity contribution >= 4 is 16.9 Å². The summed E-state index contributed by atoms with van der Waals surface area (Å²) in [7, 11) is 0. The highest BCUT2D eigenvalue weighted by Crippen LogP contribution is 2.25. The van der Waals surface area contributed by atoms with Crippen molar-refractivity contribution in [2.24, 2.45) is 0 Å². The van der Waals surface area contributed by atoms with Crippen molar-refractivity contribution in [2.45, 2.75) is 19.1 Å². The minimum atomic E-state index is -1.30. The number of hydrogen-bond acceptors (Lipinski definition) is 6. The van der Waals surface area contributed by atoms with Gasteiger partial charge in [-0.05, 0) is 12.1 Å². The van der Waals surface area contributed by atoms with E-state index in [1.54, 1.807) is 0 Å². The lowest BCUT2D eigenvalue weighted by atomic mass is 10.1. The SMILES string of the molecule is CC(=O)SCC(O)C(O)c1ncccc1O. The first-order valence-electron chi connectivity index (χ1n) is 4.65. The molecule has 1 rings (SSSR count). The van der Waals surface area contributed by atoms with Gasteiger partial charge in [0.2, 0.25) is 0 Å². The van der Waals surface area contributed by atoms with Gasteiger partial charge in [0.05, 0.1) is 6.10 Å². The van der Waals surface area contributed by atoms with Gasteiger partial charge in [-0.1, -0.05) is 11.8 Å². The zero-order valence-electron chi connectivity index (χ0n) is 8.70. The van der Waals surface area contributed by atoms with Crippen LogP contribution in [0.15, 0.2) is 18.3 Å². The fraction of sp³-hybridized carbons (Fsp3) is 0.400. The third-order valence-electron chi connectivity index (χ3n) is 1.92. The second-order valence-corrected chi connectivity index (χ2v) is 4.42. The molecule has 88 valence electrons. The van der Waals surface area contributed by atoms with Gasteiger partial charge in [-0.25, -0.2) is 0 Å². The molecule has 0 aliphatic rings. The van der Waals surface area contributed by atoms with Gasteiger partial charge in [-0.3, -0.25) is 9.78 Å². The Morgan fingerprint density at radius 3 is 2.81 bits per heavy atom. The van der Waals surface area contributed by atoms with E-state index in [9.17, 15) is 20.1 Å². The molecular weight excluding hydrogens is 230 g/mol. The van der Waals surface area contributed by atoms with Gasteiger partial charge in [0.15, 0.2) is 5.12 Å². The van der Waals surface area contributed by atoms with E-state index in [-0.39, 0.29) is 22.3 Å². The minimum absolute atomic E-state index is 0.0131. The zero-order chi connectivity index (χ0) is 12.1. The predicted molar refractivity (Wildman–Crippen MR) is 60.0 cm³/mol. The number of thioether (sulfide) groups is 1. The number of rotatable bonds is 4. The van der Waals surface area contributed by atoms with Gasteiger partial charge < -0.3 is 15.3 Å². The lowest BCUT2D eigenvalue weighted by Crippen LogP contribution is -2.22. The molecule has 0 aliphatic heterocycles. The summed E-state index contributed by atoms with van der Waals surface area (Å²) >= 11 is 0.910. The number of hydrogen-bond donors (Lipinski definition) is 3. The van der Waals surface area contributed by atoms with E-state index in [1.807, 2.05) is 0 Å². The summed E-state index contributed by atoms with van der Waals surface area (Å²) in [4.78, 5) is 14.5. The highest BCUT2D eigenvalue weighted by atomic mass is 32.2. The van der Waals surface area contributed by atoms with E-state index in [0.29, 0.717) is 0 Å². The second kappa shape index (κ2) is 5.83. The Morgan fingerprint density at radius 1 is 1.56 bits per heavy atom. The number of pyridine rings is 1. The number of carbonyl (C=O) groups is 1. The lowest BCUT2D eigenvalue weighted by Gasteiger charge is -2.16. The van der Waals surface area contributed by atoms with Crippen LogP contribution in [0.4, 0.5) is 0 Å². The molecule has 0 fully saturated rings. The molecule has 0 bridgehead atoms. The van der Waals surface area contributed by atoms with Crippen LogP contribution in [0.5, 0.6) is 5.75 Å². The average Bonchev–Trinajstić information content (AvgIpc) is 2.25. The van der Waals surface area contributed by atoms with Crippen LogP contribution in [-0.2, 0) is 4.79 Å². The molecule has 2 unspecified atom stereocenters. The summed E-state index contributed by atoms with van der Waals surface area (Å²) in [6.45, 7) is 1.38. The summed E-state index contributed by atoms with van der Waals surface area (Å²) in [5.74, 6) is -0.117. The van der Waals surface area contributed by atoms with Crippen LogP contribution in [-0.4, -0.2) is 37.3 Å². The van der Waals surface area contributed by atoms with Crippen LogP contribution in [0, 0.1) is 0 Å². The van der Waals surface area contributed by atoms with Crippen LogP contribution in [0.2, 0.25) is 0 Å². The maximum absolute atomic E-state index is 10.7. The summed E-state index contributed by atoms with van der Waals surface area (Å²) in [5, 5.41) is 28.5. The smallest absolute Gasteiger partial charge is 0.185 e. The summed E-state index contributed by atoms with van der Waals surface area (Å²) in [5.41, 5.74) is 0.0131. The predicted octanol–water partition coefficient (Wildman–Crippen LogP) is 0.461. The Kier molecular flexibility index (Phi) is 4.72. The molecule has 3 N–H and O–H groups in total. The Morgan fingerprint density at radius 2 is 2.25 bits per heavy atom. The number of aromatic hydroxyl groups is 1. The number of aromatic nitrogens is 1. The summed E-state index contributed by atoms with van der Waals surface area (Å²) < 4.78 is 0. The molecule has 0 aromatic carbocycles. The van der Waals surface area contributed by atoms with Crippen LogP contribution in [0.1, 0.15) is 18.7 Å². The fourth-order valence-electron chi connectivity index (χ4n) is 1.11. The second-order valence-electron chi connectivity index (χ2n) is 3.22. The standard InChI is InChI=1S/C10H13NO4S/c1-6(12)16-5-8(14)10(15)9-7(13)3-2-4-11-9/h2-4,8,10,13-15H,5H2,1H3. The summed E-state index contributed by atoms with van der Waals surface area (Å²) in [6, 6.07) is 2.89. The molecule has 2 atom stereocenters. The Balaban J connectivity index is 2.66. The fourth-order valence-corrected chi connectivity index (χ4v) is 1.70. The van der Waals surface area contributed by atoms with E-state index < -0.39 is 12.2 Å². The molecule has 1 heterocycles. The van der Waals surface area contributed by atoms with Gasteiger partial charge >= 0.3 is 0 Å². The van der Waals surface area contributed by atoms with E-state index in [0.717, 1.165) is 11.8 Å². The molecule has 1 aromatic rings. The number of carbonyl (C=O) groups excluding carboxylic acids is 1. The molecule has 6 heteroatoms. The first kappa shape index (κ1) is 13.0. The van der Waals surface area contributed by atoms with Gasteiger partial charge in [-0.2, -0.15) is 0 Å². The number of aliphatic hydroxyl groups excluding tert-OH is 2. The van der Waals surface area contributed by atoms with E-state index in [2.05, 4.69) is 4.98 Å². The van der Waals surface area contributed by atoms with Crippen molar-refractivity contribution in [3.05, 3.63) is 24.0 Å². The van der Waals surface area contributed by atoms with E-state index >= 15 is 0 Å². The quantitative estimate of drug-likeness (QED) is 0.711. The van der Waals surface area contributed by atoms with Crippen molar-refractivity contribution in [1.82, 2.24) is 4.98 Å². The van der Waals surface area contributed by atoms with Crippen molar-refractivity contribution in [3.63, 3.8) is 0 Å². The molecular formula is C10H13NO4S. The lowest BCUT2D eigenvalue weighted by molar-refractivity contribution is -0.109. The monoisotopic (exact) mass is 243 g/mol. The molecule has 0 aliphatic carbocycles. The topological polar surface area (TPSA) is 90.7 Å². The van der Waals surface area contributed by atoms with Gasteiger partial charge in [0, 0.05) is 18.9 Å². The van der Waals surface area contributed by atoms with Crippen LogP contribution in [0.25, 0.3) is 0 Å². The molecule has 0 saturated carbocycles. The molecule has 1 aromatic heterocycles. The van der Waals surface area contributed by atoms with Crippen LogP contribution in [0.3, 0.4) is 0 Å². The maximum Gasteiger partial charge on any atom is 0.185 e. The first-order chi connectivity index (χ1) is 7.52. The molecule has 5 nitrogen and oxygen atoms in total. The summed E-state index contributed by atoms with van der Waals surface area (Å²) in [6.07, 6.45) is -1.04. The minimum Gasteiger partial charge on any atom is -0.506 e. The van der Waals surface area contributed by atoms with Crippen LogP contribution < -0.4 is 0 Å². The molecule has 0 amide bonds. The Hall–Kier alpha value is -1.11. The third-order valence-corrected chi connectivity index (χ3v) is 2.83. The van der Waals surface area contributed by atoms with Gasteiger partial charge in [0.1, 0.15) is 17.5 Å². The normalized spacial score (nSPS) is 14.4. The maximum atomic E-state index is 10.7. The zero-order valence-corrected chi connectivity index (χ0v) is 9.52. The molecule has 16 heavy (non-hydrogen) atoms. The highest BCUT2D eigenvalue weighted by Gasteiger charge is 2.22. The van der Waals surface area contributed by atoms with E-state index in [4.69, 9.17) is 0 Å². The van der Waals surface area contributed by atoms with Crippen molar-refractivity contribution < 1.29 is 20.1 Å². The third kappa shape index (κ3) is 3.48. The average molecular weight is 243 g/mol. The number of nitrogens with zero attached hydrogens (tertiary/aromatic N) is 1. The first-order valence-corrected chi connectivity index (χ1v) is 5.64. The Bertz CT molecular complexity index is 372. The van der Waals surface area contributed by atoms with Crippen LogP contribution >= 0.6 is 11.8 Å². The molecule has 0 spiro atoms. The Labute approximate surface area is 97.1 Å². The largest absolute Gasteiger partial charge is 0.506 e. The number of aliphatic hydroxyl groups is 2. The highest BCUT2D eigenvalue weighted by molar-refractivity contribution is 8.13. The molecule has 0 saturated heterocycles. The molecule has 0 radical (unpaired) electrons. The van der Waals surface area contributed by atoms with E-state index in [1.165, 1.54) is 25.3 Å². The van der Waals surface area contributed by atoms with Crippen molar-refractivity contribution in [1.29, 1.82) is 0 Å². The van der Waals surface area contributed by atoms with Gasteiger partial charge in [0.25, 0.3) is 0 Å².